The molecule has 9 heteroatoms. The van der Waals surface area contributed by atoms with Gasteiger partial charge in [-0.25, -0.2) is 5.43 Å². The van der Waals surface area contributed by atoms with Crippen LogP contribution in [0.15, 0.2) is 71.8 Å². The van der Waals surface area contributed by atoms with Gasteiger partial charge in [0.05, 0.1) is 6.21 Å². The van der Waals surface area contributed by atoms with E-state index < -0.39 is 17.9 Å². The molecule has 1 aliphatic heterocycles. The van der Waals surface area contributed by atoms with E-state index in [0.29, 0.717) is 34.4 Å². The number of hydrogen-bond acceptors (Lipinski definition) is 6. The maximum absolute atomic E-state index is 12.7. The lowest BCUT2D eigenvalue weighted by Gasteiger charge is -2.20. The van der Waals surface area contributed by atoms with E-state index >= 15 is 0 Å². The van der Waals surface area contributed by atoms with Gasteiger partial charge >= 0.3 is 0 Å². The monoisotopic (exact) mass is 507 g/mol. The summed E-state index contributed by atoms with van der Waals surface area (Å²) in [5.74, 6) is 0.792. The highest BCUT2D eigenvalue weighted by molar-refractivity contribution is 6.31. The van der Waals surface area contributed by atoms with E-state index in [9.17, 15) is 9.59 Å². The van der Waals surface area contributed by atoms with Crippen molar-refractivity contribution in [1.29, 1.82) is 0 Å². The van der Waals surface area contributed by atoms with Gasteiger partial charge in [0, 0.05) is 16.1 Å². The molecule has 3 aromatic carbocycles. The second-order valence-corrected chi connectivity index (χ2v) is 8.85. The van der Waals surface area contributed by atoms with Crippen LogP contribution in [0.4, 0.5) is 0 Å². The van der Waals surface area contributed by atoms with Gasteiger partial charge in [-0.2, -0.15) is 5.10 Å². The summed E-state index contributed by atoms with van der Waals surface area (Å²) in [7, 11) is 0. The fraction of sp³-hybridized carbons (Fsp3) is 0.222. The molecule has 0 spiro atoms. The van der Waals surface area contributed by atoms with Crippen LogP contribution in [0.25, 0.3) is 0 Å². The van der Waals surface area contributed by atoms with Crippen molar-refractivity contribution in [3.63, 3.8) is 0 Å². The van der Waals surface area contributed by atoms with Crippen molar-refractivity contribution in [2.45, 2.75) is 26.5 Å². The second-order valence-electron chi connectivity index (χ2n) is 8.45. The van der Waals surface area contributed by atoms with Crippen LogP contribution >= 0.6 is 11.6 Å². The molecule has 0 radical (unpaired) electrons. The summed E-state index contributed by atoms with van der Waals surface area (Å²) in [6.45, 7) is 4.16. The van der Waals surface area contributed by atoms with Crippen LogP contribution in [0.5, 0.6) is 17.2 Å². The standard InChI is InChI=1S/C27H26ClN3O5/c1-17(2)25(30-26(32)19-9-12-23-24(13-19)36-16-35-23)27(33)31-29-14-18-7-10-21(11-8-18)34-15-20-5-3-4-6-22(20)28/h3-14,17,25H,15-16H2,1-2H3,(H,30,32)(H,31,33)/b29-14+. The number of fused-ring (bicyclic) bond motifs is 1. The number of hydrazone groups is 1. The second kappa shape index (κ2) is 11.6. The molecule has 0 bridgehead atoms. The van der Waals surface area contributed by atoms with Crippen molar-refractivity contribution >= 4 is 29.6 Å². The summed E-state index contributed by atoms with van der Waals surface area (Å²) in [5.41, 5.74) is 4.55. The number of ether oxygens (including phenoxy) is 3. The molecule has 1 heterocycles. The Labute approximate surface area is 214 Å². The number of hydrogen-bond donors (Lipinski definition) is 2. The van der Waals surface area contributed by atoms with Gasteiger partial charge in [0.1, 0.15) is 18.4 Å². The zero-order valence-corrected chi connectivity index (χ0v) is 20.6. The quantitative estimate of drug-likeness (QED) is 0.327. The van der Waals surface area contributed by atoms with Crippen LogP contribution in [0.3, 0.4) is 0 Å². The number of rotatable bonds is 9. The highest BCUT2D eigenvalue weighted by atomic mass is 35.5. The molecule has 0 aliphatic carbocycles. The van der Waals surface area contributed by atoms with Crippen molar-refractivity contribution in [3.8, 4) is 17.2 Å². The van der Waals surface area contributed by atoms with Gasteiger partial charge in [0.2, 0.25) is 6.79 Å². The summed E-state index contributed by atoms with van der Waals surface area (Å²) in [6.07, 6.45) is 1.52. The van der Waals surface area contributed by atoms with E-state index in [1.54, 1.807) is 18.2 Å². The van der Waals surface area contributed by atoms with Crippen molar-refractivity contribution in [3.05, 3.63) is 88.4 Å². The molecule has 3 aromatic rings. The minimum Gasteiger partial charge on any atom is -0.489 e. The van der Waals surface area contributed by atoms with Gasteiger partial charge in [0.25, 0.3) is 11.8 Å². The summed E-state index contributed by atoms with van der Waals surface area (Å²) in [5, 5.41) is 7.46. The van der Waals surface area contributed by atoms with Crippen LogP contribution in [-0.4, -0.2) is 30.9 Å². The van der Waals surface area contributed by atoms with Gasteiger partial charge < -0.3 is 19.5 Å². The van der Waals surface area contributed by atoms with Crippen molar-refractivity contribution in [2.24, 2.45) is 11.0 Å². The fourth-order valence-electron chi connectivity index (χ4n) is 3.46. The number of benzene rings is 3. The van der Waals surface area contributed by atoms with E-state index in [-0.39, 0.29) is 12.7 Å². The number of nitrogens with zero attached hydrogens (tertiary/aromatic N) is 1. The van der Waals surface area contributed by atoms with Crippen molar-refractivity contribution in [2.75, 3.05) is 6.79 Å². The lowest BCUT2D eigenvalue weighted by molar-refractivity contribution is -0.123. The highest BCUT2D eigenvalue weighted by Crippen LogP contribution is 2.32. The SMILES string of the molecule is CC(C)C(NC(=O)c1ccc2c(c1)OCO2)C(=O)N/N=C/c1ccc(OCc2ccccc2Cl)cc1. The van der Waals surface area contributed by atoms with Gasteiger partial charge in [-0.1, -0.05) is 43.6 Å². The van der Waals surface area contributed by atoms with Crippen LogP contribution in [0.2, 0.25) is 5.02 Å². The van der Waals surface area contributed by atoms with Crippen LogP contribution in [0.1, 0.15) is 35.3 Å². The Hall–Kier alpha value is -4.04. The molecule has 2 amide bonds. The number of nitrogens with one attached hydrogen (secondary N) is 2. The molecule has 0 saturated heterocycles. The van der Waals surface area contributed by atoms with Gasteiger partial charge in [0.15, 0.2) is 11.5 Å². The first-order chi connectivity index (χ1) is 17.4. The Bertz CT molecular complexity index is 1260. The van der Waals surface area contributed by atoms with Crippen molar-refractivity contribution in [1.82, 2.24) is 10.7 Å². The zero-order valence-electron chi connectivity index (χ0n) is 19.9. The molecule has 1 aliphatic rings. The molecule has 0 aromatic heterocycles. The highest BCUT2D eigenvalue weighted by Gasteiger charge is 2.25. The normalized spacial score (nSPS) is 13.0. The molecule has 4 rings (SSSR count). The molecular formula is C27H26ClN3O5. The van der Waals surface area contributed by atoms with E-state index in [1.807, 2.05) is 62.4 Å². The molecule has 1 atom stereocenters. The predicted molar refractivity (Wildman–Crippen MR) is 137 cm³/mol. The molecule has 1 unspecified atom stereocenters. The van der Waals surface area contributed by atoms with Gasteiger partial charge in [-0.05, 0) is 60.0 Å². The minimum absolute atomic E-state index is 0.119. The molecule has 0 saturated carbocycles. The Morgan fingerprint density at radius 3 is 2.56 bits per heavy atom. The number of carbonyl (C=O) groups is 2. The van der Waals surface area contributed by atoms with Crippen LogP contribution in [0, 0.1) is 5.92 Å². The zero-order chi connectivity index (χ0) is 25.5. The number of halogens is 1. The Balaban J connectivity index is 1.30. The van der Waals surface area contributed by atoms with Crippen molar-refractivity contribution < 1.29 is 23.8 Å². The third-order valence-electron chi connectivity index (χ3n) is 5.49. The number of amides is 2. The smallest absolute Gasteiger partial charge is 0.262 e. The average molecular weight is 508 g/mol. The molecule has 186 valence electrons. The third-order valence-corrected chi connectivity index (χ3v) is 5.86. The minimum atomic E-state index is -0.777. The van der Waals surface area contributed by atoms with E-state index in [1.165, 1.54) is 6.21 Å². The van der Waals surface area contributed by atoms with E-state index in [4.69, 9.17) is 25.8 Å². The summed E-state index contributed by atoms with van der Waals surface area (Å²) in [6, 6.07) is 18.9. The summed E-state index contributed by atoms with van der Waals surface area (Å²) >= 11 is 6.15. The molecular weight excluding hydrogens is 482 g/mol. The largest absolute Gasteiger partial charge is 0.489 e. The molecule has 8 nitrogen and oxygen atoms in total. The summed E-state index contributed by atoms with van der Waals surface area (Å²) < 4.78 is 16.4. The van der Waals surface area contributed by atoms with Gasteiger partial charge in [-0.3, -0.25) is 9.59 Å². The maximum atomic E-state index is 12.7. The first-order valence-electron chi connectivity index (χ1n) is 11.4. The lowest BCUT2D eigenvalue weighted by Crippen LogP contribution is -2.48. The molecule has 36 heavy (non-hydrogen) atoms. The maximum Gasteiger partial charge on any atom is 0.262 e. The number of carbonyl (C=O) groups excluding carboxylic acids is 2. The lowest BCUT2D eigenvalue weighted by atomic mass is 10.0. The molecule has 0 fully saturated rings. The van der Waals surface area contributed by atoms with E-state index in [2.05, 4.69) is 15.8 Å². The first-order valence-corrected chi connectivity index (χ1v) is 11.8. The first kappa shape index (κ1) is 25.1. The molecule has 2 N–H and O–H groups in total. The average Bonchev–Trinajstić information content (AvgIpc) is 3.35. The Kier molecular flexibility index (Phi) is 8.07. The fourth-order valence-corrected chi connectivity index (χ4v) is 3.65. The third kappa shape index (κ3) is 6.34. The van der Waals surface area contributed by atoms with Crippen LogP contribution in [-0.2, 0) is 11.4 Å². The van der Waals surface area contributed by atoms with Crippen LogP contribution < -0.4 is 25.0 Å². The Morgan fingerprint density at radius 1 is 1.06 bits per heavy atom. The Morgan fingerprint density at radius 2 is 1.81 bits per heavy atom. The summed E-state index contributed by atoms with van der Waals surface area (Å²) in [4.78, 5) is 25.4. The predicted octanol–water partition coefficient (Wildman–Crippen LogP) is 4.55. The topological polar surface area (TPSA) is 98.2 Å². The van der Waals surface area contributed by atoms with Gasteiger partial charge in [-0.15, -0.1) is 0 Å². The van der Waals surface area contributed by atoms with E-state index in [0.717, 1.165) is 11.1 Å².